The van der Waals surface area contributed by atoms with Crippen LogP contribution < -0.4 is 5.73 Å². The Labute approximate surface area is 94.7 Å². The van der Waals surface area contributed by atoms with Gasteiger partial charge in [0.2, 0.25) is 0 Å². The van der Waals surface area contributed by atoms with Gasteiger partial charge in [-0.15, -0.1) is 0 Å². The number of hydrogen-bond donors (Lipinski definition) is 2. The lowest BCUT2D eigenvalue weighted by Crippen LogP contribution is -1.87. The Morgan fingerprint density at radius 2 is 1.38 bits per heavy atom. The molecule has 2 aromatic rings. The van der Waals surface area contributed by atoms with Crippen molar-refractivity contribution in [3.8, 4) is 5.75 Å². The fourth-order valence-corrected chi connectivity index (χ4v) is 1.47. The van der Waals surface area contributed by atoms with Gasteiger partial charge >= 0.3 is 0 Å². The minimum Gasteiger partial charge on any atom is -0.507 e. The molecule has 0 heterocycles. The van der Waals surface area contributed by atoms with E-state index in [-0.39, 0.29) is 5.75 Å². The van der Waals surface area contributed by atoms with Crippen molar-refractivity contribution in [1.29, 1.82) is 0 Å². The summed E-state index contributed by atoms with van der Waals surface area (Å²) in [6.07, 6.45) is 3.74. The van der Waals surface area contributed by atoms with Gasteiger partial charge in [0.1, 0.15) is 5.75 Å². The molecule has 80 valence electrons. The van der Waals surface area contributed by atoms with Crippen LogP contribution in [0.2, 0.25) is 0 Å². The molecule has 0 aromatic heterocycles. The van der Waals surface area contributed by atoms with E-state index in [1.807, 2.05) is 48.6 Å². The SMILES string of the molecule is Nc1ccccc1/C=C/c1ccccc1O. The van der Waals surface area contributed by atoms with Crippen LogP contribution in [-0.4, -0.2) is 5.11 Å². The van der Waals surface area contributed by atoms with Gasteiger partial charge in [0, 0.05) is 11.3 Å². The normalized spacial score (nSPS) is 10.8. The summed E-state index contributed by atoms with van der Waals surface area (Å²) in [7, 11) is 0. The van der Waals surface area contributed by atoms with Crippen molar-refractivity contribution < 1.29 is 5.11 Å². The number of benzene rings is 2. The number of para-hydroxylation sites is 2. The van der Waals surface area contributed by atoms with E-state index in [0.717, 1.165) is 16.8 Å². The second kappa shape index (κ2) is 4.53. The van der Waals surface area contributed by atoms with Crippen LogP contribution in [0, 0.1) is 0 Å². The molecule has 0 fully saturated rings. The maximum atomic E-state index is 9.58. The maximum Gasteiger partial charge on any atom is 0.122 e. The molecular formula is C14H13NO. The van der Waals surface area contributed by atoms with E-state index in [1.54, 1.807) is 12.1 Å². The van der Waals surface area contributed by atoms with Crippen LogP contribution in [0.15, 0.2) is 48.5 Å². The lowest BCUT2D eigenvalue weighted by atomic mass is 10.1. The molecule has 0 radical (unpaired) electrons. The molecule has 0 spiro atoms. The highest BCUT2D eigenvalue weighted by atomic mass is 16.3. The van der Waals surface area contributed by atoms with E-state index in [0.29, 0.717) is 0 Å². The Hall–Kier alpha value is -2.22. The third kappa shape index (κ3) is 2.23. The summed E-state index contributed by atoms with van der Waals surface area (Å²) < 4.78 is 0. The molecule has 0 amide bonds. The quantitative estimate of drug-likeness (QED) is 0.592. The largest absolute Gasteiger partial charge is 0.507 e. The molecule has 0 saturated heterocycles. The maximum absolute atomic E-state index is 9.58. The van der Waals surface area contributed by atoms with Crippen LogP contribution in [0.3, 0.4) is 0 Å². The number of nitrogens with two attached hydrogens (primary N) is 1. The molecule has 0 aliphatic heterocycles. The molecule has 0 aliphatic rings. The summed E-state index contributed by atoms with van der Waals surface area (Å²) in [5, 5.41) is 9.58. The van der Waals surface area contributed by atoms with Gasteiger partial charge in [-0.2, -0.15) is 0 Å². The zero-order chi connectivity index (χ0) is 11.4. The van der Waals surface area contributed by atoms with Crippen molar-refractivity contribution in [3.63, 3.8) is 0 Å². The highest BCUT2D eigenvalue weighted by molar-refractivity contribution is 5.77. The van der Waals surface area contributed by atoms with Crippen LogP contribution in [0.25, 0.3) is 12.2 Å². The van der Waals surface area contributed by atoms with Crippen molar-refractivity contribution in [2.75, 3.05) is 5.73 Å². The van der Waals surface area contributed by atoms with Crippen molar-refractivity contribution in [2.45, 2.75) is 0 Å². The predicted molar refractivity (Wildman–Crippen MR) is 67.9 cm³/mol. The molecule has 0 unspecified atom stereocenters. The number of phenolic OH excluding ortho intramolecular Hbond substituents is 1. The fraction of sp³-hybridized carbons (Fsp3) is 0. The Kier molecular flexibility index (Phi) is 2.92. The van der Waals surface area contributed by atoms with Gasteiger partial charge in [0.05, 0.1) is 0 Å². The van der Waals surface area contributed by atoms with E-state index in [9.17, 15) is 5.11 Å². The second-order valence-electron chi connectivity index (χ2n) is 3.52. The molecule has 2 aromatic carbocycles. The number of phenols is 1. The molecule has 2 heteroatoms. The minimum atomic E-state index is 0.272. The van der Waals surface area contributed by atoms with Crippen LogP contribution in [0.5, 0.6) is 5.75 Å². The van der Waals surface area contributed by atoms with Gasteiger partial charge in [-0.1, -0.05) is 48.6 Å². The van der Waals surface area contributed by atoms with E-state index < -0.39 is 0 Å². The average Bonchev–Trinajstić information content (AvgIpc) is 2.30. The lowest BCUT2D eigenvalue weighted by molar-refractivity contribution is 0.474. The first-order chi connectivity index (χ1) is 7.77. The molecular weight excluding hydrogens is 198 g/mol. The minimum absolute atomic E-state index is 0.272. The molecule has 16 heavy (non-hydrogen) atoms. The summed E-state index contributed by atoms with van der Waals surface area (Å²) in [6.45, 7) is 0. The van der Waals surface area contributed by atoms with Gasteiger partial charge < -0.3 is 10.8 Å². The topological polar surface area (TPSA) is 46.2 Å². The van der Waals surface area contributed by atoms with Crippen LogP contribution in [0.4, 0.5) is 5.69 Å². The van der Waals surface area contributed by atoms with E-state index in [4.69, 9.17) is 5.73 Å². The summed E-state index contributed by atoms with van der Waals surface area (Å²) in [5.41, 5.74) is 8.27. The van der Waals surface area contributed by atoms with Gasteiger partial charge in [0.15, 0.2) is 0 Å². The summed E-state index contributed by atoms with van der Waals surface area (Å²) >= 11 is 0. The number of rotatable bonds is 2. The smallest absolute Gasteiger partial charge is 0.122 e. The monoisotopic (exact) mass is 211 g/mol. The zero-order valence-electron chi connectivity index (χ0n) is 8.80. The first-order valence-corrected chi connectivity index (χ1v) is 5.08. The molecule has 0 bridgehead atoms. The fourth-order valence-electron chi connectivity index (χ4n) is 1.47. The van der Waals surface area contributed by atoms with Crippen LogP contribution in [0.1, 0.15) is 11.1 Å². The third-order valence-corrected chi connectivity index (χ3v) is 2.38. The first-order valence-electron chi connectivity index (χ1n) is 5.08. The molecule has 2 nitrogen and oxygen atoms in total. The summed E-state index contributed by atoms with van der Waals surface area (Å²) in [5.74, 6) is 0.272. The lowest BCUT2D eigenvalue weighted by Gasteiger charge is -2.00. The molecule has 0 saturated carbocycles. The van der Waals surface area contributed by atoms with Crippen molar-refractivity contribution in [2.24, 2.45) is 0 Å². The molecule has 2 rings (SSSR count). The Balaban J connectivity index is 2.29. The Bertz CT molecular complexity index is 470. The van der Waals surface area contributed by atoms with E-state index in [1.165, 1.54) is 0 Å². The van der Waals surface area contributed by atoms with Crippen LogP contribution in [-0.2, 0) is 0 Å². The van der Waals surface area contributed by atoms with Gasteiger partial charge in [-0.25, -0.2) is 0 Å². The summed E-state index contributed by atoms with van der Waals surface area (Å²) in [6, 6.07) is 14.8. The summed E-state index contributed by atoms with van der Waals surface area (Å²) in [4.78, 5) is 0. The Morgan fingerprint density at radius 1 is 0.812 bits per heavy atom. The number of hydrogen-bond acceptors (Lipinski definition) is 2. The van der Waals surface area contributed by atoms with E-state index in [2.05, 4.69) is 0 Å². The molecule has 0 aliphatic carbocycles. The van der Waals surface area contributed by atoms with Gasteiger partial charge in [-0.3, -0.25) is 0 Å². The highest BCUT2D eigenvalue weighted by Gasteiger charge is 1.95. The zero-order valence-corrected chi connectivity index (χ0v) is 8.80. The van der Waals surface area contributed by atoms with Crippen molar-refractivity contribution in [1.82, 2.24) is 0 Å². The predicted octanol–water partition coefficient (Wildman–Crippen LogP) is 3.14. The average molecular weight is 211 g/mol. The van der Waals surface area contributed by atoms with Crippen LogP contribution >= 0.6 is 0 Å². The molecule has 3 N–H and O–H groups in total. The third-order valence-electron chi connectivity index (χ3n) is 2.38. The van der Waals surface area contributed by atoms with Crippen molar-refractivity contribution in [3.05, 3.63) is 59.7 Å². The van der Waals surface area contributed by atoms with Crippen molar-refractivity contribution >= 4 is 17.8 Å². The van der Waals surface area contributed by atoms with Gasteiger partial charge in [-0.05, 0) is 17.7 Å². The Morgan fingerprint density at radius 3 is 2.06 bits per heavy atom. The second-order valence-corrected chi connectivity index (χ2v) is 3.52. The standard InChI is InChI=1S/C14H13NO/c15-13-7-3-1-5-11(13)9-10-12-6-2-4-8-14(12)16/h1-10,16H,15H2/b10-9+. The van der Waals surface area contributed by atoms with E-state index >= 15 is 0 Å². The molecule has 0 atom stereocenters. The number of anilines is 1. The van der Waals surface area contributed by atoms with Gasteiger partial charge in [0.25, 0.3) is 0 Å². The highest BCUT2D eigenvalue weighted by Crippen LogP contribution is 2.20. The number of nitrogen functional groups attached to an aromatic ring is 1. The first kappa shape index (κ1) is 10.3. The number of aromatic hydroxyl groups is 1.